The lowest BCUT2D eigenvalue weighted by Gasteiger charge is -2.02. The molecule has 0 aliphatic carbocycles. The number of hydrogen-bond acceptors (Lipinski definition) is 3. The Morgan fingerprint density at radius 3 is 0.800 bits per heavy atom. The van der Waals surface area contributed by atoms with E-state index in [2.05, 4.69) is 0 Å². The van der Waals surface area contributed by atoms with Crippen LogP contribution in [0.1, 0.15) is 0 Å². The third-order valence-electron chi connectivity index (χ3n) is 5.42. The molecule has 0 amide bonds. The summed E-state index contributed by atoms with van der Waals surface area (Å²) in [5.41, 5.74) is 1.51. The highest BCUT2D eigenvalue weighted by Gasteiger charge is 2.00. The number of fused-ring (bicyclic) bond motifs is 3. The van der Waals surface area contributed by atoms with Crippen molar-refractivity contribution in [2.24, 2.45) is 21.1 Å². The zero-order valence-electron chi connectivity index (χ0n) is 17.0. The molecule has 0 unspecified atom stereocenters. The minimum atomic E-state index is -0.178. The molecule has 0 aliphatic heterocycles. The SMILES string of the molecule is Cn1c(=O)c2ccc(cc2)n(C)c(=O)c2ccc(cc2)n(C)c(=O)c2ccc1cc2. The Bertz CT molecular complexity index is 1340. The molecule has 0 saturated carbocycles. The van der Waals surface area contributed by atoms with Crippen LogP contribution >= 0.6 is 0 Å². The van der Waals surface area contributed by atoms with E-state index in [1.54, 1.807) is 93.9 Å². The van der Waals surface area contributed by atoms with Gasteiger partial charge in [-0.1, -0.05) is 0 Å². The molecule has 0 spiro atoms. The summed E-state index contributed by atoms with van der Waals surface area (Å²) >= 11 is 0. The van der Waals surface area contributed by atoms with Gasteiger partial charge in [0.2, 0.25) is 0 Å². The smallest absolute Gasteiger partial charge is 0.258 e. The van der Waals surface area contributed by atoms with Crippen LogP contribution in [0, 0.1) is 0 Å². The molecular weight excluding hydrogens is 378 g/mol. The van der Waals surface area contributed by atoms with E-state index in [-0.39, 0.29) is 16.7 Å². The van der Waals surface area contributed by atoms with Gasteiger partial charge in [-0.05, 0) is 72.8 Å². The van der Waals surface area contributed by atoms with Crippen molar-refractivity contribution in [1.82, 2.24) is 13.7 Å². The second-order valence-electron chi connectivity index (χ2n) is 7.23. The third-order valence-corrected chi connectivity index (χ3v) is 5.42. The predicted molar refractivity (Wildman–Crippen MR) is 121 cm³/mol. The summed E-state index contributed by atoms with van der Waals surface area (Å²) in [6, 6.07) is 20.8. The van der Waals surface area contributed by atoms with Crippen molar-refractivity contribution >= 4 is 32.7 Å². The number of nitrogens with zero attached hydrogens (tertiary/aromatic N) is 3. The Hall–Kier alpha value is -3.93. The monoisotopic (exact) mass is 399 g/mol. The summed E-state index contributed by atoms with van der Waals surface area (Å²) in [6.45, 7) is 0. The van der Waals surface area contributed by atoms with Gasteiger partial charge in [-0.15, -0.1) is 0 Å². The zero-order chi connectivity index (χ0) is 21.4. The van der Waals surface area contributed by atoms with Gasteiger partial charge in [-0.25, -0.2) is 0 Å². The fourth-order valence-corrected chi connectivity index (χ4v) is 3.42. The normalized spacial score (nSPS) is 10.9. The Morgan fingerprint density at radius 1 is 0.400 bits per heavy atom. The molecule has 0 saturated heterocycles. The number of benzene rings is 3. The number of aryl methyl sites for hydroxylation is 3. The molecule has 6 nitrogen and oxygen atoms in total. The van der Waals surface area contributed by atoms with Crippen molar-refractivity contribution in [3.63, 3.8) is 0 Å². The molecule has 0 fully saturated rings. The molecule has 0 atom stereocenters. The van der Waals surface area contributed by atoms with Gasteiger partial charge in [0.15, 0.2) is 0 Å². The Kier molecular flexibility index (Phi) is 4.83. The van der Waals surface area contributed by atoms with Crippen molar-refractivity contribution in [1.29, 1.82) is 0 Å². The molecule has 4 aromatic heterocycles. The molecule has 6 heteroatoms. The van der Waals surface area contributed by atoms with Gasteiger partial charge in [-0.2, -0.15) is 0 Å². The lowest BCUT2D eigenvalue weighted by molar-refractivity contribution is 0.908. The summed E-state index contributed by atoms with van der Waals surface area (Å²) in [5, 5.41) is 1.52. The molecular formula is C24H21N3O3. The second-order valence-corrected chi connectivity index (χ2v) is 7.23. The first-order valence-corrected chi connectivity index (χ1v) is 9.51. The summed E-state index contributed by atoms with van der Waals surface area (Å²) in [4.78, 5) is 38.5. The third kappa shape index (κ3) is 3.33. The highest BCUT2D eigenvalue weighted by atomic mass is 16.1. The Morgan fingerprint density at radius 2 is 0.600 bits per heavy atom. The maximum Gasteiger partial charge on any atom is 0.258 e. The maximum atomic E-state index is 12.8. The van der Waals surface area contributed by atoms with Crippen molar-refractivity contribution in [2.75, 3.05) is 0 Å². The molecule has 6 bridgehead atoms. The standard InChI is InChI=1S/C24H21N3O3/c1-25-19-10-4-17(5-11-19)23(29)27(3)21-14-8-18(9-15-21)24(30)26(2)20-12-6-16(7-13-20)22(25)28/h4-15H,1-3H3. The van der Waals surface area contributed by atoms with Gasteiger partial charge in [0.1, 0.15) is 0 Å². The number of aromatic nitrogens is 3. The molecule has 0 radical (unpaired) electrons. The fraction of sp³-hybridized carbons (Fsp3) is 0.125. The largest absolute Gasteiger partial charge is 0.311 e. The van der Waals surface area contributed by atoms with E-state index in [1.807, 2.05) is 0 Å². The first kappa shape index (κ1) is 19.4. The van der Waals surface area contributed by atoms with Crippen LogP contribution in [0.3, 0.4) is 0 Å². The fourth-order valence-electron chi connectivity index (χ4n) is 3.42. The molecule has 0 N–H and O–H groups in total. The zero-order valence-corrected chi connectivity index (χ0v) is 17.0. The molecule has 30 heavy (non-hydrogen) atoms. The van der Waals surface area contributed by atoms with Gasteiger partial charge >= 0.3 is 0 Å². The molecule has 0 aliphatic rings. The van der Waals surface area contributed by atoms with E-state index in [9.17, 15) is 14.4 Å². The lowest BCUT2D eigenvalue weighted by atomic mass is 10.2. The first-order valence-electron chi connectivity index (χ1n) is 9.51. The van der Waals surface area contributed by atoms with Gasteiger partial charge in [-0.3, -0.25) is 14.4 Å². The maximum absolute atomic E-state index is 12.8. The van der Waals surface area contributed by atoms with Crippen LogP contribution in [0.2, 0.25) is 0 Å². The van der Waals surface area contributed by atoms with Crippen LogP contribution in [-0.2, 0) is 21.1 Å². The lowest BCUT2D eigenvalue weighted by Crippen LogP contribution is -2.17. The van der Waals surface area contributed by atoms with E-state index in [1.165, 1.54) is 13.7 Å². The topological polar surface area (TPSA) is 66.0 Å². The number of hydrogen-bond donors (Lipinski definition) is 0. The van der Waals surface area contributed by atoms with Gasteiger partial charge in [0, 0.05) is 53.9 Å². The summed E-state index contributed by atoms with van der Waals surface area (Å²) in [7, 11) is 5.07. The molecule has 3 aromatic carbocycles. The van der Waals surface area contributed by atoms with E-state index < -0.39 is 0 Å². The minimum absolute atomic E-state index is 0.178. The Balaban J connectivity index is 2.24. The van der Waals surface area contributed by atoms with Gasteiger partial charge < -0.3 is 13.7 Å². The van der Waals surface area contributed by atoms with Crippen molar-refractivity contribution in [3.05, 3.63) is 104 Å². The second kappa shape index (κ2) is 7.48. The molecule has 7 aromatic rings. The average Bonchev–Trinajstić information content (AvgIpc) is 2.81. The van der Waals surface area contributed by atoms with Crippen molar-refractivity contribution in [3.8, 4) is 0 Å². The summed E-state index contributed by atoms with van der Waals surface area (Å²) in [6.07, 6.45) is 0. The van der Waals surface area contributed by atoms with E-state index in [0.29, 0.717) is 32.7 Å². The highest BCUT2D eigenvalue weighted by molar-refractivity contribution is 5.65. The molecule has 4 heterocycles. The van der Waals surface area contributed by atoms with Crippen LogP contribution < -0.4 is 16.7 Å². The van der Waals surface area contributed by atoms with Crippen LogP contribution in [0.25, 0.3) is 32.7 Å². The van der Waals surface area contributed by atoms with E-state index >= 15 is 0 Å². The Labute approximate surface area is 171 Å². The first-order chi connectivity index (χ1) is 14.4. The van der Waals surface area contributed by atoms with Crippen LogP contribution in [0.15, 0.2) is 87.2 Å². The quantitative estimate of drug-likeness (QED) is 0.457. The molecule has 7 rings (SSSR count). The van der Waals surface area contributed by atoms with Gasteiger partial charge in [0.05, 0.1) is 0 Å². The summed E-state index contributed by atoms with van der Waals surface area (Å²) in [5.74, 6) is 0. The molecule has 150 valence electrons. The predicted octanol–water partition coefficient (Wildman–Crippen LogP) is 2.93. The van der Waals surface area contributed by atoms with Gasteiger partial charge in [0.25, 0.3) is 16.7 Å². The average molecular weight is 399 g/mol. The van der Waals surface area contributed by atoms with Crippen molar-refractivity contribution < 1.29 is 0 Å². The minimum Gasteiger partial charge on any atom is -0.311 e. The number of rotatable bonds is 0. The van der Waals surface area contributed by atoms with Crippen LogP contribution in [-0.4, -0.2) is 13.7 Å². The van der Waals surface area contributed by atoms with E-state index in [4.69, 9.17) is 0 Å². The van der Waals surface area contributed by atoms with Crippen LogP contribution in [0.5, 0.6) is 0 Å². The van der Waals surface area contributed by atoms with Crippen LogP contribution in [0.4, 0.5) is 0 Å². The summed E-state index contributed by atoms with van der Waals surface area (Å²) < 4.78 is 4.59. The van der Waals surface area contributed by atoms with Crippen molar-refractivity contribution in [2.45, 2.75) is 0 Å². The van der Waals surface area contributed by atoms with E-state index in [0.717, 1.165) is 0 Å². The highest BCUT2D eigenvalue weighted by Crippen LogP contribution is 2.06.